The molecular formula is C24H25N9O. The first-order valence-corrected chi connectivity index (χ1v) is 11.1. The SMILES string of the molecule is CNc1cncc(-c2ccc3cnc(NC(=O)c4ccnc(N5CCN(C)CC5)c4)cc3n2)n1. The maximum atomic E-state index is 12.9. The van der Waals surface area contributed by atoms with Gasteiger partial charge in [-0.15, -0.1) is 0 Å². The third-order valence-corrected chi connectivity index (χ3v) is 5.80. The fourth-order valence-electron chi connectivity index (χ4n) is 3.79. The largest absolute Gasteiger partial charge is 0.372 e. The lowest BCUT2D eigenvalue weighted by Gasteiger charge is -2.33. The minimum atomic E-state index is -0.242. The maximum Gasteiger partial charge on any atom is 0.257 e. The predicted octanol–water partition coefficient (Wildman–Crippen LogP) is 2.53. The molecule has 4 aromatic rings. The van der Waals surface area contributed by atoms with Crippen LogP contribution in [0.15, 0.2) is 55.1 Å². The Labute approximate surface area is 197 Å². The smallest absolute Gasteiger partial charge is 0.257 e. The van der Waals surface area contributed by atoms with Gasteiger partial charge in [0.15, 0.2) is 0 Å². The predicted molar refractivity (Wildman–Crippen MR) is 132 cm³/mol. The molecule has 0 bridgehead atoms. The van der Waals surface area contributed by atoms with E-state index >= 15 is 0 Å². The van der Waals surface area contributed by atoms with Crippen molar-refractivity contribution in [3.63, 3.8) is 0 Å². The van der Waals surface area contributed by atoms with Crippen LogP contribution in [-0.4, -0.2) is 76.0 Å². The number of anilines is 3. The first kappa shape index (κ1) is 21.7. The van der Waals surface area contributed by atoms with Crippen LogP contribution in [0.2, 0.25) is 0 Å². The number of nitrogens with one attached hydrogen (secondary N) is 2. The lowest BCUT2D eigenvalue weighted by atomic mass is 10.2. The highest BCUT2D eigenvalue weighted by Gasteiger charge is 2.17. The fraction of sp³-hybridized carbons (Fsp3) is 0.250. The standard InChI is InChI=1S/C24H25N9O/c1-25-22-15-26-14-20(30-22)18-4-3-17-13-28-21(12-19(17)29-18)31-24(34)16-5-6-27-23(11-16)33-9-7-32(2)8-10-33/h3-6,11-15H,7-10H2,1-2H3,(H,25,30)(H,28,31,34). The van der Waals surface area contributed by atoms with Crippen molar-refractivity contribution in [2.75, 3.05) is 55.8 Å². The van der Waals surface area contributed by atoms with E-state index in [4.69, 9.17) is 4.98 Å². The number of piperazine rings is 1. The number of hydrogen-bond donors (Lipinski definition) is 2. The molecule has 1 saturated heterocycles. The number of hydrogen-bond acceptors (Lipinski definition) is 9. The highest BCUT2D eigenvalue weighted by atomic mass is 16.1. The van der Waals surface area contributed by atoms with Crippen molar-refractivity contribution in [2.24, 2.45) is 0 Å². The third-order valence-electron chi connectivity index (χ3n) is 5.80. The van der Waals surface area contributed by atoms with Crippen molar-refractivity contribution in [3.8, 4) is 11.4 Å². The van der Waals surface area contributed by atoms with Crippen LogP contribution in [0.1, 0.15) is 10.4 Å². The molecule has 10 heteroatoms. The average Bonchev–Trinajstić information content (AvgIpc) is 2.89. The lowest BCUT2D eigenvalue weighted by Crippen LogP contribution is -2.44. The van der Waals surface area contributed by atoms with Crippen molar-refractivity contribution in [2.45, 2.75) is 0 Å². The van der Waals surface area contributed by atoms with E-state index in [1.54, 1.807) is 44.0 Å². The average molecular weight is 456 g/mol. The van der Waals surface area contributed by atoms with E-state index in [-0.39, 0.29) is 5.91 Å². The highest BCUT2D eigenvalue weighted by molar-refractivity contribution is 6.04. The van der Waals surface area contributed by atoms with Crippen LogP contribution in [-0.2, 0) is 0 Å². The monoisotopic (exact) mass is 455 g/mol. The summed E-state index contributed by atoms with van der Waals surface area (Å²) in [6, 6.07) is 9.09. The minimum absolute atomic E-state index is 0.242. The molecule has 1 aliphatic heterocycles. The molecule has 34 heavy (non-hydrogen) atoms. The molecule has 1 fully saturated rings. The van der Waals surface area contributed by atoms with Gasteiger partial charge in [0.05, 0.1) is 23.6 Å². The first-order valence-electron chi connectivity index (χ1n) is 11.1. The van der Waals surface area contributed by atoms with Crippen LogP contribution in [0.4, 0.5) is 17.5 Å². The van der Waals surface area contributed by atoms with Crippen molar-refractivity contribution in [1.82, 2.24) is 29.8 Å². The molecule has 0 unspecified atom stereocenters. The summed E-state index contributed by atoms with van der Waals surface area (Å²) < 4.78 is 0. The van der Waals surface area contributed by atoms with Crippen molar-refractivity contribution >= 4 is 34.3 Å². The number of rotatable bonds is 5. The number of amides is 1. The number of pyridine rings is 3. The van der Waals surface area contributed by atoms with E-state index < -0.39 is 0 Å². The second kappa shape index (κ2) is 9.36. The van der Waals surface area contributed by atoms with Gasteiger partial charge in [-0.2, -0.15) is 0 Å². The molecule has 0 spiro atoms. The van der Waals surface area contributed by atoms with Gasteiger partial charge in [0.1, 0.15) is 23.1 Å². The molecule has 1 amide bonds. The maximum absolute atomic E-state index is 12.9. The topological polar surface area (TPSA) is 112 Å². The van der Waals surface area contributed by atoms with E-state index in [1.165, 1.54) is 0 Å². The third kappa shape index (κ3) is 4.62. The van der Waals surface area contributed by atoms with Crippen LogP contribution >= 0.6 is 0 Å². The van der Waals surface area contributed by atoms with Crippen LogP contribution in [0, 0.1) is 0 Å². The van der Waals surface area contributed by atoms with Crippen LogP contribution in [0.5, 0.6) is 0 Å². The number of nitrogens with zero attached hydrogens (tertiary/aromatic N) is 7. The van der Waals surface area contributed by atoms with Crippen LogP contribution < -0.4 is 15.5 Å². The molecule has 5 heterocycles. The Balaban J connectivity index is 1.36. The molecule has 5 rings (SSSR count). The van der Waals surface area contributed by atoms with Gasteiger partial charge in [0.25, 0.3) is 5.91 Å². The molecule has 0 aromatic carbocycles. The Morgan fingerprint density at radius 2 is 1.76 bits per heavy atom. The van der Waals surface area contributed by atoms with Gasteiger partial charge in [-0.25, -0.2) is 19.9 Å². The van der Waals surface area contributed by atoms with E-state index in [2.05, 4.69) is 47.4 Å². The van der Waals surface area contributed by atoms with E-state index in [9.17, 15) is 4.79 Å². The van der Waals surface area contributed by atoms with Gasteiger partial charge in [-0.05, 0) is 31.3 Å². The van der Waals surface area contributed by atoms with Gasteiger partial charge < -0.3 is 20.4 Å². The number of carbonyl (C=O) groups excluding carboxylic acids is 1. The molecule has 0 atom stereocenters. The fourth-order valence-corrected chi connectivity index (χ4v) is 3.79. The van der Waals surface area contributed by atoms with E-state index in [0.717, 1.165) is 37.4 Å². The highest BCUT2D eigenvalue weighted by Crippen LogP contribution is 2.22. The Morgan fingerprint density at radius 1 is 0.912 bits per heavy atom. The second-order valence-corrected chi connectivity index (χ2v) is 8.15. The minimum Gasteiger partial charge on any atom is -0.372 e. The normalized spacial score (nSPS) is 14.2. The van der Waals surface area contributed by atoms with E-state index in [1.807, 2.05) is 18.2 Å². The molecular weight excluding hydrogens is 430 g/mol. The zero-order chi connectivity index (χ0) is 23.5. The van der Waals surface area contributed by atoms with Crippen molar-refractivity contribution in [1.29, 1.82) is 0 Å². The summed E-state index contributed by atoms with van der Waals surface area (Å²) in [5.41, 5.74) is 2.58. The summed E-state index contributed by atoms with van der Waals surface area (Å²) >= 11 is 0. The Bertz CT molecular complexity index is 1340. The number of likely N-dealkylation sites (N-methyl/N-ethyl adjacent to an activating group) is 1. The lowest BCUT2D eigenvalue weighted by molar-refractivity contribution is 0.102. The molecule has 10 nitrogen and oxygen atoms in total. The zero-order valence-electron chi connectivity index (χ0n) is 19.1. The summed E-state index contributed by atoms with van der Waals surface area (Å²) in [4.78, 5) is 39.7. The summed E-state index contributed by atoms with van der Waals surface area (Å²) in [7, 11) is 3.90. The second-order valence-electron chi connectivity index (χ2n) is 8.15. The first-order chi connectivity index (χ1) is 16.6. The van der Waals surface area contributed by atoms with E-state index in [0.29, 0.717) is 34.1 Å². The molecule has 1 aliphatic rings. The number of aromatic nitrogens is 5. The van der Waals surface area contributed by atoms with Crippen LogP contribution in [0.25, 0.3) is 22.3 Å². The quantitative estimate of drug-likeness (QED) is 0.469. The molecule has 2 N–H and O–H groups in total. The molecule has 0 radical (unpaired) electrons. The summed E-state index contributed by atoms with van der Waals surface area (Å²) in [5, 5.41) is 6.72. The zero-order valence-corrected chi connectivity index (χ0v) is 19.1. The van der Waals surface area contributed by atoms with Gasteiger partial charge in [-0.1, -0.05) is 0 Å². The molecule has 172 valence electrons. The Hall–Kier alpha value is -4.18. The molecule has 4 aromatic heterocycles. The number of carbonyl (C=O) groups is 1. The summed E-state index contributed by atoms with van der Waals surface area (Å²) in [5.74, 6) is 1.65. The van der Waals surface area contributed by atoms with Gasteiger partial charge >= 0.3 is 0 Å². The van der Waals surface area contributed by atoms with Crippen LogP contribution in [0.3, 0.4) is 0 Å². The van der Waals surface area contributed by atoms with Gasteiger partial charge in [-0.3, -0.25) is 9.78 Å². The summed E-state index contributed by atoms with van der Waals surface area (Å²) in [6.07, 6.45) is 6.68. The van der Waals surface area contributed by atoms with Gasteiger partial charge in [0, 0.05) is 62.6 Å². The molecule has 0 aliphatic carbocycles. The Morgan fingerprint density at radius 3 is 2.59 bits per heavy atom. The summed E-state index contributed by atoms with van der Waals surface area (Å²) in [6.45, 7) is 3.71. The number of fused-ring (bicyclic) bond motifs is 1. The van der Waals surface area contributed by atoms with Gasteiger partial charge in [0.2, 0.25) is 0 Å². The molecule has 0 saturated carbocycles. The van der Waals surface area contributed by atoms with Crippen molar-refractivity contribution < 1.29 is 4.79 Å². The van der Waals surface area contributed by atoms with Crippen molar-refractivity contribution in [3.05, 3.63) is 60.7 Å². The Kier molecular flexibility index (Phi) is 5.96.